The highest BCUT2D eigenvalue weighted by molar-refractivity contribution is 4.74. The summed E-state index contributed by atoms with van der Waals surface area (Å²) in [7, 11) is 2.97. The molecule has 0 aliphatic heterocycles. The number of hydrogen-bond acceptors (Lipinski definition) is 2. The number of rotatable bonds is 0. The molecule has 1 aromatic rings. The van der Waals surface area contributed by atoms with Crippen LogP contribution in [0.5, 0.6) is 0 Å². The average Bonchev–Trinajstić information content (AvgIpc) is 1.93. The van der Waals surface area contributed by atoms with Gasteiger partial charge in [-0.1, -0.05) is 4.68 Å². The van der Waals surface area contributed by atoms with Crippen LogP contribution in [0.3, 0.4) is 0 Å². The maximum absolute atomic E-state index is 10.8. The smallest absolute Gasteiger partial charge is 0.264 e. The second-order valence-corrected chi connectivity index (χ2v) is 2.00. The van der Waals surface area contributed by atoms with E-state index in [1.807, 2.05) is 0 Å². The van der Waals surface area contributed by atoms with Gasteiger partial charge < -0.3 is 0 Å². The first-order valence-corrected chi connectivity index (χ1v) is 2.78. The van der Waals surface area contributed by atoms with E-state index in [0.717, 1.165) is 4.68 Å². The van der Waals surface area contributed by atoms with Crippen LogP contribution in [0.4, 0.5) is 0 Å². The second kappa shape index (κ2) is 2.09. The number of aryl methyl sites for hydroxylation is 1. The monoisotopic (exact) mass is 142 g/mol. The Labute approximate surface area is 56.7 Å². The number of hydrogen-bond donors (Lipinski definition) is 0. The van der Waals surface area contributed by atoms with Crippen molar-refractivity contribution in [3.63, 3.8) is 0 Å². The summed E-state index contributed by atoms with van der Waals surface area (Å²) in [5.41, 5.74) is -0.312. The van der Waals surface area contributed by atoms with Crippen molar-refractivity contribution >= 4 is 0 Å². The van der Waals surface area contributed by atoms with Crippen LogP contribution in [0.15, 0.2) is 17.1 Å². The van der Waals surface area contributed by atoms with Crippen molar-refractivity contribution in [1.29, 1.82) is 0 Å². The normalized spacial score (nSPS) is 9.80. The maximum Gasteiger partial charge on any atom is 0.309 e. The zero-order valence-electron chi connectivity index (χ0n) is 5.81. The van der Waals surface area contributed by atoms with Crippen LogP contribution in [-0.4, -0.2) is 9.36 Å². The summed E-state index contributed by atoms with van der Waals surface area (Å²) in [6.07, 6.45) is 1.41. The van der Waals surface area contributed by atoms with Crippen molar-refractivity contribution < 1.29 is 4.66 Å². The molecule has 54 valence electrons. The Hall–Kier alpha value is -1.39. The molecule has 0 N–H and O–H groups in total. The van der Waals surface area contributed by atoms with Crippen molar-refractivity contribution in [1.82, 2.24) is 9.36 Å². The van der Waals surface area contributed by atoms with E-state index in [4.69, 9.17) is 0 Å². The molecule has 0 atom stereocenters. The summed E-state index contributed by atoms with van der Waals surface area (Å²) >= 11 is 0. The predicted octanol–water partition coefficient (Wildman–Crippen LogP) is -1.36. The molecule has 0 radical (unpaired) electrons. The molecule has 5 nitrogen and oxygen atoms in total. The Balaban J connectivity index is 3.66. The lowest BCUT2D eigenvalue weighted by Gasteiger charge is -1.86. The molecular weight excluding hydrogens is 134 g/mol. The molecule has 0 aromatic carbocycles. The predicted molar refractivity (Wildman–Crippen MR) is 34.0 cm³/mol. The highest BCUT2D eigenvalue weighted by atomic mass is 16.3. The quantitative estimate of drug-likeness (QED) is 0.420. The first-order chi connectivity index (χ1) is 4.63. The fourth-order valence-corrected chi connectivity index (χ4v) is 0.632. The first kappa shape index (κ1) is 6.73. The SMILES string of the molecule is Cn1ccc(=O)n(C)[n+]1=O. The van der Waals surface area contributed by atoms with Gasteiger partial charge in [-0.2, -0.15) is 0 Å². The lowest BCUT2D eigenvalue weighted by Crippen LogP contribution is -2.45. The molecule has 0 unspecified atom stereocenters. The molecule has 10 heavy (non-hydrogen) atoms. The summed E-state index contributed by atoms with van der Waals surface area (Å²) in [5.74, 6) is 0. The van der Waals surface area contributed by atoms with Gasteiger partial charge in [0.1, 0.15) is 0 Å². The molecule has 1 rings (SSSR count). The third kappa shape index (κ3) is 0.854. The molecule has 1 aromatic heterocycles. The standard InChI is InChI=1S/C5H8N3O2/c1-6-4-3-5(9)7(2)8(6)10/h3-4H,1-2H3/q+1. The molecule has 0 fully saturated rings. The molecule has 0 aliphatic rings. The van der Waals surface area contributed by atoms with Gasteiger partial charge in [-0.05, 0) is 4.68 Å². The molecule has 0 saturated carbocycles. The van der Waals surface area contributed by atoms with Crippen molar-refractivity contribution in [2.24, 2.45) is 14.1 Å². The van der Waals surface area contributed by atoms with Crippen LogP contribution in [-0.2, 0) is 14.1 Å². The highest BCUT2D eigenvalue weighted by Crippen LogP contribution is 1.63. The number of nitrogens with zero attached hydrogens (tertiary/aromatic N) is 3. The Morgan fingerprint density at radius 3 is 2.60 bits per heavy atom. The van der Waals surface area contributed by atoms with Crippen LogP contribution < -0.4 is 10.2 Å². The van der Waals surface area contributed by atoms with E-state index in [2.05, 4.69) is 0 Å². The van der Waals surface area contributed by atoms with E-state index >= 15 is 0 Å². The third-order valence-corrected chi connectivity index (χ3v) is 1.28. The lowest BCUT2D eigenvalue weighted by atomic mass is 10.7. The van der Waals surface area contributed by atoms with Gasteiger partial charge in [0.05, 0.1) is 25.2 Å². The van der Waals surface area contributed by atoms with Crippen LogP contribution >= 0.6 is 0 Å². The zero-order chi connectivity index (χ0) is 7.72. The third-order valence-electron chi connectivity index (χ3n) is 1.28. The minimum Gasteiger partial charge on any atom is -0.264 e. The van der Waals surface area contributed by atoms with Crippen molar-refractivity contribution in [3.8, 4) is 0 Å². The van der Waals surface area contributed by atoms with Gasteiger partial charge in [-0.25, -0.2) is 0 Å². The summed E-state index contributed by atoms with van der Waals surface area (Å²) in [5, 5.41) is 0. The van der Waals surface area contributed by atoms with E-state index in [1.165, 1.54) is 24.0 Å². The first-order valence-electron chi connectivity index (χ1n) is 2.78. The summed E-state index contributed by atoms with van der Waals surface area (Å²) in [4.78, 5) is 21.6. The zero-order valence-corrected chi connectivity index (χ0v) is 5.81. The van der Waals surface area contributed by atoms with Crippen LogP contribution in [0.2, 0.25) is 0 Å². The minimum atomic E-state index is -0.312. The van der Waals surface area contributed by atoms with Crippen LogP contribution in [0.1, 0.15) is 0 Å². The van der Waals surface area contributed by atoms with Gasteiger partial charge in [0.2, 0.25) is 0 Å². The Morgan fingerprint density at radius 1 is 1.50 bits per heavy atom. The Kier molecular flexibility index (Phi) is 1.41. The Bertz CT molecular complexity index is 349. The molecule has 0 saturated heterocycles. The molecule has 1 heterocycles. The van der Waals surface area contributed by atoms with E-state index in [9.17, 15) is 9.70 Å². The molecule has 0 amide bonds. The van der Waals surface area contributed by atoms with E-state index in [0.29, 0.717) is 4.66 Å². The second-order valence-electron chi connectivity index (χ2n) is 2.00. The number of aromatic nitrogens is 3. The highest BCUT2D eigenvalue weighted by Gasteiger charge is 2.02. The fraction of sp³-hybridized carbons (Fsp3) is 0.400. The molecule has 5 heteroatoms. The van der Waals surface area contributed by atoms with Gasteiger partial charge >= 0.3 is 5.56 Å². The molecule has 0 aliphatic carbocycles. The minimum absolute atomic E-state index is 0.312. The van der Waals surface area contributed by atoms with Crippen molar-refractivity contribution in [2.75, 3.05) is 0 Å². The topological polar surface area (TPSA) is 49.9 Å². The average molecular weight is 142 g/mol. The van der Waals surface area contributed by atoms with Gasteiger partial charge in [-0.3, -0.25) is 4.79 Å². The van der Waals surface area contributed by atoms with Crippen LogP contribution in [0, 0.1) is 4.91 Å². The Morgan fingerprint density at radius 2 is 2.10 bits per heavy atom. The van der Waals surface area contributed by atoms with Gasteiger partial charge in [0.15, 0.2) is 0 Å². The molecule has 0 bridgehead atoms. The van der Waals surface area contributed by atoms with Gasteiger partial charge in [0, 0.05) is 6.07 Å². The van der Waals surface area contributed by atoms with Crippen LogP contribution in [0.25, 0.3) is 0 Å². The summed E-state index contributed by atoms with van der Waals surface area (Å²) < 4.78 is 2.71. The fourth-order valence-electron chi connectivity index (χ4n) is 0.632. The lowest BCUT2D eigenvalue weighted by molar-refractivity contribution is -0.684. The maximum atomic E-state index is 10.8. The van der Waals surface area contributed by atoms with Crippen molar-refractivity contribution in [3.05, 3.63) is 27.5 Å². The largest absolute Gasteiger partial charge is 0.309 e. The van der Waals surface area contributed by atoms with E-state index < -0.39 is 0 Å². The summed E-state index contributed by atoms with van der Waals surface area (Å²) in [6, 6.07) is 1.33. The van der Waals surface area contributed by atoms with Gasteiger partial charge in [-0.15, -0.1) is 0 Å². The van der Waals surface area contributed by atoms with Crippen molar-refractivity contribution in [2.45, 2.75) is 0 Å². The summed E-state index contributed by atoms with van der Waals surface area (Å²) in [6.45, 7) is 0. The molecule has 0 spiro atoms. The molecular formula is C5H8N3O2+. The van der Waals surface area contributed by atoms with E-state index in [1.54, 1.807) is 7.05 Å². The van der Waals surface area contributed by atoms with Gasteiger partial charge in [0.25, 0.3) is 4.66 Å². The van der Waals surface area contributed by atoms with E-state index in [-0.39, 0.29) is 5.56 Å².